The number of carbonyl (C=O) groups excluding carboxylic acids is 1. The molecule has 10 heteroatoms. The average molecular weight is 453 g/mol. The fourth-order valence-corrected chi connectivity index (χ4v) is 4.14. The minimum absolute atomic E-state index is 0.160. The van der Waals surface area contributed by atoms with Gasteiger partial charge >= 0.3 is 6.18 Å². The molecule has 1 aromatic carbocycles. The van der Waals surface area contributed by atoms with Gasteiger partial charge in [-0.2, -0.15) is 13.2 Å². The Morgan fingerprint density at radius 3 is 2.81 bits per heavy atom. The molecule has 0 fully saturated rings. The van der Waals surface area contributed by atoms with Gasteiger partial charge in [0.25, 0.3) is 5.91 Å². The molecular weight excluding hydrogens is 433 g/mol. The second-order valence-corrected chi connectivity index (χ2v) is 7.53. The van der Waals surface area contributed by atoms with E-state index in [1.54, 1.807) is 12.3 Å². The number of carbonyl (C=O) groups is 1. The summed E-state index contributed by atoms with van der Waals surface area (Å²) in [5.74, 6) is 0.713. The zero-order valence-electron chi connectivity index (χ0n) is 16.8. The van der Waals surface area contributed by atoms with Crippen molar-refractivity contribution < 1.29 is 22.7 Å². The molecule has 164 valence electrons. The van der Waals surface area contributed by atoms with Crippen molar-refractivity contribution in [1.29, 1.82) is 0 Å². The van der Waals surface area contributed by atoms with Gasteiger partial charge in [-0.1, -0.05) is 17.7 Å². The van der Waals surface area contributed by atoms with Gasteiger partial charge in [-0.25, -0.2) is 9.67 Å². The molecule has 3 heterocycles. The number of ether oxygens (including phenoxy) is 1. The first-order valence-electron chi connectivity index (χ1n) is 9.78. The second-order valence-electron chi connectivity index (χ2n) is 7.16. The zero-order chi connectivity index (χ0) is 22.3. The number of amides is 1. The third-order valence-corrected chi connectivity index (χ3v) is 5.75. The van der Waals surface area contributed by atoms with Gasteiger partial charge in [-0.05, 0) is 38.1 Å². The van der Waals surface area contributed by atoms with Crippen LogP contribution in [0.1, 0.15) is 47.2 Å². The van der Waals surface area contributed by atoms with Gasteiger partial charge in [0.2, 0.25) is 0 Å². The predicted octanol–water partition coefficient (Wildman–Crippen LogP) is 5.03. The van der Waals surface area contributed by atoms with Crippen LogP contribution in [0.2, 0.25) is 5.02 Å². The number of fused-ring (bicyclic) bond motifs is 1. The third kappa shape index (κ3) is 3.67. The molecule has 2 aromatic heterocycles. The number of pyridine rings is 1. The Morgan fingerprint density at radius 2 is 2.10 bits per heavy atom. The van der Waals surface area contributed by atoms with Crippen molar-refractivity contribution in [2.24, 2.45) is 0 Å². The fraction of sp³-hybridized carbons (Fsp3) is 0.333. The number of benzene rings is 1. The molecule has 0 radical (unpaired) electrons. The lowest BCUT2D eigenvalue weighted by atomic mass is 10.00. The Bertz CT molecular complexity index is 1120. The Kier molecular flexibility index (Phi) is 5.47. The van der Waals surface area contributed by atoms with Crippen LogP contribution in [0.25, 0.3) is 5.82 Å². The average Bonchev–Trinajstić information content (AvgIpc) is 2.70. The molecule has 0 aliphatic carbocycles. The summed E-state index contributed by atoms with van der Waals surface area (Å²) >= 11 is 5.96. The van der Waals surface area contributed by atoms with E-state index in [-0.39, 0.29) is 11.6 Å². The van der Waals surface area contributed by atoms with Crippen LogP contribution in [0.5, 0.6) is 5.75 Å². The molecule has 3 aromatic rings. The van der Waals surface area contributed by atoms with Crippen molar-refractivity contribution in [3.8, 4) is 11.6 Å². The molecule has 4 rings (SSSR count). The summed E-state index contributed by atoms with van der Waals surface area (Å²) in [6.07, 6.45) is -2.46. The minimum Gasteiger partial charge on any atom is -0.490 e. The lowest BCUT2D eigenvalue weighted by Gasteiger charge is -2.39. The Morgan fingerprint density at radius 1 is 1.32 bits per heavy atom. The van der Waals surface area contributed by atoms with E-state index in [0.29, 0.717) is 31.1 Å². The van der Waals surface area contributed by atoms with E-state index >= 15 is 0 Å². The van der Waals surface area contributed by atoms with E-state index < -0.39 is 22.7 Å². The number of nitrogens with zero attached hydrogens (tertiary/aromatic N) is 3. The van der Waals surface area contributed by atoms with Crippen LogP contribution in [0.15, 0.2) is 36.5 Å². The maximum Gasteiger partial charge on any atom is 0.417 e. The molecule has 6 nitrogen and oxygen atoms in total. The van der Waals surface area contributed by atoms with Crippen LogP contribution in [-0.2, 0) is 12.6 Å². The lowest BCUT2D eigenvalue weighted by molar-refractivity contribution is -0.137. The van der Waals surface area contributed by atoms with Gasteiger partial charge in [0.1, 0.15) is 0 Å². The number of aromatic amines is 1. The number of hydrogen-bond acceptors (Lipinski definition) is 3. The fourth-order valence-electron chi connectivity index (χ4n) is 3.82. The quantitative estimate of drug-likeness (QED) is 0.604. The van der Waals surface area contributed by atoms with Gasteiger partial charge < -0.3 is 9.64 Å². The summed E-state index contributed by atoms with van der Waals surface area (Å²) in [7, 11) is 0. The number of hydrogen-bond donors (Lipinski definition) is 1. The molecule has 1 atom stereocenters. The Hall–Kier alpha value is -2.94. The molecule has 1 aliphatic heterocycles. The van der Waals surface area contributed by atoms with Crippen molar-refractivity contribution in [3.63, 3.8) is 0 Å². The van der Waals surface area contributed by atoms with Gasteiger partial charge in [-0.3, -0.25) is 9.89 Å². The highest BCUT2D eigenvalue weighted by Crippen LogP contribution is 2.38. The van der Waals surface area contributed by atoms with Gasteiger partial charge in [-0.15, -0.1) is 0 Å². The molecule has 1 N–H and O–H groups in total. The molecular formula is C21H20ClF3N4O2. The smallest absolute Gasteiger partial charge is 0.417 e. The van der Waals surface area contributed by atoms with E-state index in [1.165, 1.54) is 17.0 Å². The molecule has 0 spiro atoms. The number of nitrogens with one attached hydrogen (secondary N) is 1. The van der Waals surface area contributed by atoms with E-state index in [0.717, 1.165) is 17.5 Å². The van der Waals surface area contributed by atoms with Crippen LogP contribution in [0, 0.1) is 0 Å². The summed E-state index contributed by atoms with van der Waals surface area (Å²) in [4.78, 5) is 19.0. The highest BCUT2D eigenvalue weighted by molar-refractivity contribution is 6.34. The van der Waals surface area contributed by atoms with Gasteiger partial charge in [0.15, 0.2) is 11.6 Å². The second kappa shape index (κ2) is 7.96. The third-order valence-electron chi connectivity index (χ3n) is 5.35. The first-order valence-corrected chi connectivity index (χ1v) is 10.2. The standard InChI is InChI=1S/C21H20ClF3N4O2/c1-3-31-16-8-5-10-26-19(16)29-15-9-11-28(12(2)18(15)27-29)20(30)13-6-4-7-14(17(13)22)21(23,24)25/h4-8,10,12,27H,3,9,11H2,1-2H3. The largest absolute Gasteiger partial charge is 0.490 e. The van der Waals surface area contributed by atoms with Crippen LogP contribution in [0.4, 0.5) is 13.2 Å². The molecule has 31 heavy (non-hydrogen) atoms. The highest BCUT2D eigenvalue weighted by Gasteiger charge is 2.38. The SMILES string of the molecule is CCOc1cccnc1-n1[nH]c2c1CCN(C(=O)c1cccc(C(F)(F)F)c1Cl)C2C. The molecule has 0 saturated carbocycles. The lowest BCUT2D eigenvalue weighted by Crippen LogP contribution is -2.43. The molecule has 0 saturated heterocycles. The summed E-state index contributed by atoms with van der Waals surface area (Å²) < 4.78 is 47.0. The van der Waals surface area contributed by atoms with Crippen LogP contribution in [0.3, 0.4) is 0 Å². The van der Waals surface area contributed by atoms with E-state index in [4.69, 9.17) is 16.3 Å². The molecule has 0 bridgehead atoms. The molecule has 1 amide bonds. The number of rotatable bonds is 4. The van der Waals surface area contributed by atoms with Crippen LogP contribution < -0.4 is 4.74 Å². The number of alkyl halides is 3. The number of aromatic nitrogens is 3. The maximum atomic E-state index is 13.2. The van der Waals surface area contributed by atoms with Crippen molar-refractivity contribution in [1.82, 2.24) is 19.7 Å². The van der Waals surface area contributed by atoms with Gasteiger partial charge in [0.05, 0.1) is 40.2 Å². The van der Waals surface area contributed by atoms with Crippen molar-refractivity contribution in [2.45, 2.75) is 32.5 Å². The first kappa shape index (κ1) is 21.3. The van der Waals surface area contributed by atoms with Crippen molar-refractivity contribution in [2.75, 3.05) is 13.2 Å². The topological polar surface area (TPSA) is 63.2 Å². The van der Waals surface area contributed by atoms with Crippen molar-refractivity contribution in [3.05, 3.63) is 64.1 Å². The molecule has 1 unspecified atom stereocenters. The van der Waals surface area contributed by atoms with E-state index in [9.17, 15) is 18.0 Å². The van der Waals surface area contributed by atoms with E-state index in [2.05, 4.69) is 10.1 Å². The zero-order valence-corrected chi connectivity index (χ0v) is 17.6. The molecule has 1 aliphatic rings. The van der Waals surface area contributed by atoms with Crippen molar-refractivity contribution >= 4 is 17.5 Å². The summed E-state index contributed by atoms with van der Waals surface area (Å²) in [6, 6.07) is 6.63. The highest BCUT2D eigenvalue weighted by atomic mass is 35.5. The summed E-state index contributed by atoms with van der Waals surface area (Å²) in [5.41, 5.74) is 0.602. The summed E-state index contributed by atoms with van der Waals surface area (Å²) in [6.45, 7) is 4.53. The Balaban J connectivity index is 1.62. The minimum atomic E-state index is -4.63. The van der Waals surface area contributed by atoms with E-state index in [1.807, 2.05) is 24.6 Å². The monoisotopic (exact) mass is 452 g/mol. The first-order chi connectivity index (χ1) is 14.7. The van der Waals surface area contributed by atoms with Gasteiger partial charge in [0, 0.05) is 19.2 Å². The number of H-pyrrole nitrogens is 1. The normalized spacial score (nSPS) is 16.3. The van der Waals surface area contributed by atoms with Crippen LogP contribution in [-0.4, -0.2) is 38.7 Å². The predicted molar refractivity (Wildman–Crippen MR) is 109 cm³/mol. The van der Waals surface area contributed by atoms with Crippen LogP contribution >= 0.6 is 11.6 Å². The number of halogens is 4. The summed E-state index contributed by atoms with van der Waals surface area (Å²) in [5, 5.41) is 2.62. The maximum absolute atomic E-state index is 13.2. The Labute approximate surface area is 181 Å².